The molecule has 18 heavy (non-hydrogen) atoms. The van der Waals surface area contributed by atoms with Crippen LogP contribution in [0.1, 0.15) is 28.2 Å². The summed E-state index contributed by atoms with van der Waals surface area (Å²) in [6.07, 6.45) is 3.52. The molecule has 2 unspecified atom stereocenters. The average molecular weight is 266 g/mol. The molecule has 2 saturated heterocycles. The van der Waals surface area contributed by atoms with Gasteiger partial charge in [-0.05, 0) is 38.4 Å². The lowest BCUT2D eigenvalue weighted by atomic mass is 10.2. The van der Waals surface area contributed by atoms with Gasteiger partial charge in [-0.25, -0.2) is 0 Å². The largest absolute Gasteiger partial charge is 0.372 e. The number of hydrogen-bond donors (Lipinski definition) is 1. The zero-order valence-electron chi connectivity index (χ0n) is 11.2. The summed E-state index contributed by atoms with van der Waals surface area (Å²) in [4.78, 5) is 5.49. The van der Waals surface area contributed by atoms with Gasteiger partial charge in [0.2, 0.25) is 0 Å². The summed E-state index contributed by atoms with van der Waals surface area (Å²) >= 11 is 1.92. The molecule has 0 spiro atoms. The molecule has 0 amide bonds. The van der Waals surface area contributed by atoms with E-state index in [9.17, 15) is 0 Å². The lowest BCUT2D eigenvalue weighted by Crippen LogP contribution is -2.41. The van der Waals surface area contributed by atoms with Crippen LogP contribution >= 0.6 is 11.3 Å². The quantitative estimate of drug-likeness (QED) is 0.903. The van der Waals surface area contributed by atoms with Gasteiger partial charge in [0.15, 0.2) is 0 Å². The number of nitrogens with zero attached hydrogens (tertiary/aromatic N) is 1. The molecule has 0 radical (unpaired) electrons. The molecule has 3 rings (SSSR count). The minimum atomic E-state index is 0.500. The molecule has 1 aromatic rings. The number of aryl methyl sites for hydroxylation is 1. The van der Waals surface area contributed by atoms with Crippen molar-refractivity contribution in [3.63, 3.8) is 0 Å². The first-order chi connectivity index (χ1) is 8.74. The van der Waals surface area contributed by atoms with Gasteiger partial charge in [-0.3, -0.25) is 4.90 Å². The van der Waals surface area contributed by atoms with Crippen LogP contribution in [-0.2, 0) is 17.8 Å². The van der Waals surface area contributed by atoms with Crippen molar-refractivity contribution < 1.29 is 4.74 Å². The lowest BCUT2D eigenvalue weighted by Gasteiger charge is -2.32. The number of thiophene rings is 1. The van der Waals surface area contributed by atoms with Gasteiger partial charge in [-0.1, -0.05) is 0 Å². The van der Waals surface area contributed by atoms with Gasteiger partial charge in [0.25, 0.3) is 0 Å². The van der Waals surface area contributed by atoms with Gasteiger partial charge in [0.05, 0.1) is 12.2 Å². The summed E-state index contributed by atoms with van der Waals surface area (Å²) in [5.41, 5.74) is 1.51. The highest BCUT2D eigenvalue weighted by Crippen LogP contribution is 2.29. The second-order valence-electron chi connectivity index (χ2n) is 5.48. The minimum absolute atomic E-state index is 0.500. The Kier molecular flexibility index (Phi) is 3.71. The van der Waals surface area contributed by atoms with Crippen molar-refractivity contribution in [2.24, 2.45) is 0 Å². The zero-order chi connectivity index (χ0) is 12.5. The molecule has 2 aliphatic heterocycles. The molecule has 0 saturated carbocycles. The van der Waals surface area contributed by atoms with E-state index in [1.54, 1.807) is 0 Å². The first-order valence-electron chi connectivity index (χ1n) is 6.85. The lowest BCUT2D eigenvalue weighted by molar-refractivity contribution is -0.0410. The van der Waals surface area contributed by atoms with Crippen LogP contribution in [0.25, 0.3) is 0 Å². The summed E-state index contributed by atoms with van der Waals surface area (Å²) < 4.78 is 5.89. The van der Waals surface area contributed by atoms with Crippen molar-refractivity contribution in [3.05, 3.63) is 21.4 Å². The van der Waals surface area contributed by atoms with E-state index in [-0.39, 0.29) is 0 Å². The Morgan fingerprint density at radius 3 is 2.78 bits per heavy atom. The molecule has 0 aromatic carbocycles. The van der Waals surface area contributed by atoms with E-state index in [0.29, 0.717) is 12.2 Å². The molecule has 1 aromatic heterocycles. The number of likely N-dealkylation sites (tertiary alicyclic amines) is 1. The topological polar surface area (TPSA) is 24.5 Å². The van der Waals surface area contributed by atoms with Crippen molar-refractivity contribution in [3.8, 4) is 0 Å². The highest BCUT2D eigenvalue weighted by atomic mass is 32.1. The van der Waals surface area contributed by atoms with Crippen molar-refractivity contribution >= 4 is 11.3 Å². The normalized spacial score (nSPS) is 27.9. The van der Waals surface area contributed by atoms with Gasteiger partial charge in [0, 0.05) is 35.9 Å². The molecule has 3 nitrogen and oxygen atoms in total. The van der Waals surface area contributed by atoms with Gasteiger partial charge >= 0.3 is 0 Å². The third-order valence-corrected chi connectivity index (χ3v) is 5.03. The minimum Gasteiger partial charge on any atom is -0.372 e. The fraction of sp³-hybridized carbons (Fsp3) is 0.714. The second-order valence-corrected chi connectivity index (χ2v) is 6.82. The highest BCUT2D eigenvalue weighted by Gasteiger charge is 2.33. The van der Waals surface area contributed by atoms with Gasteiger partial charge in [-0.2, -0.15) is 0 Å². The summed E-state index contributed by atoms with van der Waals surface area (Å²) in [5.74, 6) is 0. The number of hydrogen-bond acceptors (Lipinski definition) is 4. The first kappa shape index (κ1) is 12.6. The summed E-state index contributed by atoms with van der Waals surface area (Å²) in [7, 11) is 2.01. The average Bonchev–Trinajstić information content (AvgIpc) is 2.84. The predicted molar refractivity (Wildman–Crippen MR) is 75.0 cm³/mol. The van der Waals surface area contributed by atoms with Crippen LogP contribution in [-0.4, -0.2) is 37.2 Å². The van der Waals surface area contributed by atoms with Crippen LogP contribution in [0.15, 0.2) is 6.07 Å². The Morgan fingerprint density at radius 2 is 2.11 bits per heavy atom. The number of morpholine rings is 1. The standard InChI is InChI=1S/C14H22N2OS/c1-10-11(5-14(18-10)6-15-2)7-16-8-12-3-4-13(9-16)17-12/h5,12-13,15H,3-4,6-9H2,1-2H3. The predicted octanol–water partition coefficient (Wildman–Crippen LogP) is 2.14. The van der Waals surface area contributed by atoms with Crippen LogP contribution in [0, 0.1) is 6.92 Å². The molecule has 0 aliphatic carbocycles. The molecule has 4 heteroatoms. The summed E-state index contributed by atoms with van der Waals surface area (Å²) in [5, 5.41) is 3.23. The third-order valence-electron chi connectivity index (χ3n) is 3.94. The van der Waals surface area contributed by atoms with Crippen LogP contribution in [0.3, 0.4) is 0 Å². The monoisotopic (exact) mass is 266 g/mol. The smallest absolute Gasteiger partial charge is 0.0707 e. The van der Waals surface area contributed by atoms with E-state index in [1.165, 1.54) is 28.2 Å². The van der Waals surface area contributed by atoms with Crippen LogP contribution in [0.2, 0.25) is 0 Å². The number of ether oxygens (including phenoxy) is 1. The molecule has 2 atom stereocenters. The molecule has 2 aliphatic rings. The van der Waals surface area contributed by atoms with E-state index in [2.05, 4.69) is 23.2 Å². The van der Waals surface area contributed by atoms with Gasteiger partial charge in [-0.15, -0.1) is 11.3 Å². The number of fused-ring (bicyclic) bond motifs is 2. The molecule has 100 valence electrons. The van der Waals surface area contributed by atoms with Crippen molar-refractivity contribution in [1.82, 2.24) is 10.2 Å². The van der Waals surface area contributed by atoms with E-state index in [1.807, 2.05) is 18.4 Å². The Labute approximate surface area is 113 Å². The van der Waals surface area contributed by atoms with Crippen LogP contribution in [0.4, 0.5) is 0 Å². The maximum Gasteiger partial charge on any atom is 0.0707 e. The fourth-order valence-corrected chi connectivity index (χ4v) is 4.14. The van der Waals surface area contributed by atoms with Gasteiger partial charge < -0.3 is 10.1 Å². The second kappa shape index (κ2) is 5.29. The number of rotatable bonds is 4. The zero-order valence-corrected chi connectivity index (χ0v) is 12.1. The molecule has 1 N–H and O–H groups in total. The van der Waals surface area contributed by atoms with Crippen molar-refractivity contribution in [2.75, 3.05) is 20.1 Å². The fourth-order valence-electron chi connectivity index (χ4n) is 3.08. The summed E-state index contributed by atoms with van der Waals surface area (Å²) in [6, 6.07) is 2.37. The van der Waals surface area contributed by atoms with E-state index >= 15 is 0 Å². The van der Waals surface area contributed by atoms with E-state index < -0.39 is 0 Å². The first-order valence-corrected chi connectivity index (χ1v) is 7.67. The Balaban J connectivity index is 1.65. The third kappa shape index (κ3) is 2.62. The van der Waals surface area contributed by atoms with Crippen molar-refractivity contribution in [1.29, 1.82) is 0 Å². The Bertz CT molecular complexity index is 406. The summed E-state index contributed by atoms with van der Waals surface area (Å²) in [6.45, 7) is 6.57. The van der Waals surface area contributed by atoms with E-state index in [4.69, 9.17) is 4.74 Å². The van der Waals surface area contributed by atoms with E-state index in [0.717, 1.165) is 26.2 Å². The molecule has 2 fully saturated rings. The molecular formula is C14H22N2OS. The Morgan fingerprint density at radius 1 is 1.39 bits per heavy atom. The Hall–Kier alpha value is -0.420. The molecular weight excluding hydrogens is 244 g/mol. The maximum atomic E-state index is 5.89. The van der Waals surface area contributed by atoms with Gasteiger partial charge in [0.1, 0.15) is 0 Å². The molecule has 3 heterocycles. The van der Waals surface area contributed by atoms with Crippen LogP contribution in [0.5, 0.6) is 0 Å². The SMILES string of the molecule is CNCc1cc(CN2CC3CCC(C2)O3)c(C)s1. The van der Waals surface area contributed by atoms with Crippen LogP contribution < -0.4 is 5.32 Å². The highest BCUT2D eigenvalue weighted by molar-refractivity contribution is 7.12. The van der Waals surface area contributed by atoms with Crippen molar-refractivity contribution in [2.45, 2.75) is 45.1 Å². The maximum absolute atomic E-state index is 5.89. The number of nitrogens with one attached hydrogen (secondary N) is 1. The molecule has 2 bridgehead atoms.